The van der Waals surface area contributed by atoms with Crippen molar-refractivity contribution in [3.05, 3.63) is 48.7 Å². The van der Waals surface area contributed by atoms with Crippen LogP contribution in [-0.4, -0.2) is 61.5 Å². The van der Waals surface area contributed by atoms with E-state index in [0.29, 0.717) is 18.7 Å². The van der Waals surface area contributed by atoms with Gasteiger partial charge in [-0.2, -0.15) is 31.7 Å². The first-order valence-corrected chi connectivity index (χ1v) is 9.87. The summed E-state index contributed by atoms with van der Waals surface area (Å²) in [5.74, 6) is -5.77. The number of aliphatic imine (C=N–C) groups is 1. The van der Waals surface area contributed by atoms with Gasteiger partial charge in [0.05, 0.1) is 11.9 Å². The lowest BCUT2D eigenvalue weighted by Crippen LogP contribution is -2.46. The van der Waals surface area contributed by atoms with Crippen LogP contribution in [0.3, 0.4) is 0 Å². The second-order valence-electron chi connectivity index (χ2n) is 6.93. The van der Waals surface area contributed by atoms with Crippen LogP contribution in [0.4, 0.5) is 33.5 Å². The molecule has 0 aliphatic carbocycles. The number of pyridine rings is 2. The molecule has 4 heterocycles. The molecule has 0 saturated heterocycles. The first-order valence-electron chi connectivity index (χ1n) is 9.87. The van der Waals surface area contributed by atoms with E-state index in [4.69, 9.17) is 0 Å². The molecule has 0 fully saturated rings. The lowest BCUT2D eigenvalue weighted by molar-refractivity contribution is -0.248. The van der Waals surface area contributed by atoms with Crippen molar-refractivity contribution in [2.24, 2.45) is 10.1 Å². The van der Waals surface area contributed by atoms with Gasteiger partial charge in [-0.05, 0) is 38.1 Å². The minimum Gasteiger partial charge on any atom is -0.371 e. The van der Waals surface area contributed by atoms with Crippen LogP contribution in [0.15, 0.2) is 52.9 Å². The maximum Gasteiger partial charge on any atom is 0.459 e. The van der Waals surface area contributed by atoms with Crippen molar-refractivity contribution in [1.29, 1.82) is 0 Å². The van der Waals surface area contributed by atoms with Crippen LogP contribution in [0.1, 0.15) is 19.7 Å². The van der Waals surface area contributed by atoms with Gasteiger partial charge >= 0.3 is 12.1 Å². The second-order valence-corrected chi connectivity index (χ2v) is 6.93. The molecular weight excluding hydrogens is 447 g/mol. The molecule has 0 saturated carbocycles. The smallest absolute Gasteiger partial charge is 0.371 e. The van der Waals surface area contributed by atoms with E-state index < -0.39 is 23.5 Å². The highest BCUT2D eigenvalue weighted by Crippen LogP contribution is 2.40. The topological polar surface area (TPSA) is 84.5 Å². The van der Waals surface area contributed by atoms with Crippen LogP contribution in [0.2, 0.25) is 0 Å². The summed E-state index contributed by atoms with van der Waals surface area (Å²) in [4.78, 5) is 13.9. The molecule has 0 atom stereocenters. The standard InChI is InChI=1S/C20H17F5N8/c1-3-32(4-2)13-7-8-14(27-11-13)28-15-16(19(21,22)20(23,24)25)31-33-17(29-30-18(15)33)12-6-5-9-26-10-12/h5-11H,3-4H2,1-2H3/b28-15-. The van der Waals surface area contributed by atoms with Gasteiger partial charge in [-0.25, -0.2) is 9.98 Å². The predicted molar refractivity (Wildman–Crippen MR) is 111 cm³/mol. The van der Waals surface area contributed by atoms with Gasteiger partial charge in [-0.15, -0.1) is 10.2 Å². The normalized spacial score (nSPS) is 15.0. The Balaban J connectivity index is 1.83. The van der Waals surface area contributed by atoms with Crippen LogP contribution in [0.25, 0.3) is 11.4 Å². The number of rotatable bonds is 6. The Hall–Kier alpha value is -3.77. The minimum absolute atomic E-state index is 0.0522. The van der Waals surface area contributed by atoms with Gasteiger partial charge in [0, 0.05) is 31.0 Å². The Morgan fingerprint density at radius 3 is 2.27 bits per heavy atom. The molecule has 3 aromatic rings. The van der Waals surface area contributed by atoms with Gasteiger partial charge in [0.15, 0.2) is 17.4 Å². The lowest BCUT2D eigenvalue weighted by atomic mass is 10.1. The van der Waals surface area contributed by atoms with Crippen molar-refractivity contribution in [3.8, 4) is 11.4 Å². The minimum atomic E-state index is -5.89. The van der Waals surface area contributed by atoms with Crippen molar-refractivity contribution in [1.82, 2.24) is 24.8 Å². The third-order valence-electron chi connectivity index (χ3n) is 4.94. The van der Waals surface area contributed by atoms with E-state index in [0.717, 1.165) is 10.4 Å². The highest BCUT2D eigenvalue weighted by atomic mass is 19.4. The molecule has 0 spiro atoms. The number of hydrogen-bond donors (Lipinski definition) is 0. The number of hydrogen-bond acceptors (Lipinski definition) is 7. The zero-order valence-electron chi connectivity index (χ0n) is 17.4. The predicted octanol–water partition coefficient (Wildman–Crippen LogP) is 4.12. The van der Waals surface area contributed by atoms with E-state index in [1.54, 1.807) is 18.2 Å². The molecule has 13 heteroatoms. The van der Waals surface area contributed by atoms with Crippen molar-refractivity contribution < 1.29 is 22.0 Å². The van der Waals surface area contributed by atoms with Crippen LogP contribution in [0, 0.1) is 0 Å². The molecule has 172 valence electrons. The third-order valence-corrected chi connectivity index (χ3v) is 4.94. The molecule has 4 rings (SSSR count). The van der Waals surface area contributed by atoms with Crippen LogP contribution in [-0.2, 0) is 0 Å². The molecule has 0 N–H and O–H groups in total. The molecule has 1 aliphatic rings. The van der Waals surface area contributed by atoms with E-state index >= 15 is 0 Å². The summed E-state index contributed by atoms with van der Waals surface area (Å²) < 4.78 is 69.2. The van der Waals surface area contributed by atoms with E-state index in [9.17, 15) is 22.0 Å². The maximum atomic E-state index is 14.4. The Morgan fingerprint density at radius 1 is 0.970 bits per heavy atom. The van der Waals surface area contributed by atoms with Crippen molar-refractivity contribution in [2.45, 2.75) is 25.9 Å². The van der Waals surface area contributed by atoms with E-state index in [1.807, 2.05) is 18.7 Å². The quantitative estimate of drug-likeness (QED) is 0.513. The molecule has 0 bridgehead atoms. The Kier molecular flexibility index (Phi) is 5.64. The summed E-state index contributed by atoms with van der Waals surface area (Å²) in [5.41, 5.74) is -1.26. The average molecular weight is 464 g/mol. The van der Waals surface area contributed by atoms with Crippen molar-refractivity contribution in [3.63, 3.8) is 0 Å². The van der Waals surface area contributed by atoms with Crippen molar-refractivity contribution in [2.75, 3.05) is 18.0 Å². The van der Waals surface area contributed by atoms with Crippen molar-refractivity contribution >= 4 is 22.9 Å². The summed E-state index contributed by atoms with van der Waals surface area (Å²) in [5, 5.41) is 11.2. The van der Waals surface area contributed by atoms with Gasteiger partial charge in [-0.1, -0.05) is 0 Å². The average Bonchev–Trinajstić information content (AvgIpc) is 3.36. The molecule has 1 aliphatic heterocycles. The van der Waals surface area contributed by atoms with Gasteiger partial charge in [0.1, 0.15) is 5.71 Å². The fraction of sp³-hybridized carbons (Fsp3) is 0.300. The second kappa shape index (κ2) is 8.30. The third kappa shape index (κ3) is 3.94. The van der Waals surface area contributed by atoms with E-state index in [-0.39, 0.29) is 17.5 Å². The number of halogens is 5. The van der Waals surface area contributed by atoms with Gasteiger partial charge < -0.3 is 4.90 Å². The van der Waals surface area contributed by atoms with Gasteiger partial charge in [0.25, 0.3) is 0 Å². The first kappa shape index (κ1) is 22.4. The number of nitrogens with zero attached hydrogens (tertiary/aromatic N) is 8. The molecule has 8 nitrogen and oxygen atoms in total. The maximum absolute atomic E-state index is 14.4. The molecule has 0 unspecified atom stereocenters. The largest absolute Gasteiger partial charge is 0.459 e. The molecule has 0 radical (unpaired) electrons. The zero-order valence-corrected chi connectivity index (χ0v) is 17.4. The molecular formula is C20H17F5N8. The summed E-state index contributed by atoms with van der Waals surface area (Å²) in [6.07, 6.45) is -1.60. The monoisotopic (exact) mass is 464 g/mol. The number of aromatic nitrogens is 5. The molecule has 0 amide bonds. The Labute approximate surface area is 184 Å². The molecule has 0 aromatic carbocycles. The van der Waals surface area contributed by atoms with Gasteiger partial charge in [0.2, 0.25) is 5.82 Å². The first-order chi connectivity index (χ1) is 15.7. The van der Waals surface area contributed by atoms with Crippen LogP contribution < -0.4 is 4.90 Å². The van der Waals surface area contributed by atoms with E-state index in [1.165, 1.54) is 24.7 Å². The van der Waals surface area contributed by atoms with Crippen LogP contribution >= 0.6 is 0 Å². The number of alkyl halides is 5. The lowest BCUT2D eigenvalue weighted by Gasteiger charge is -2.20. The van der Waals surface area contributed by atoms with E-state index in [2.05, 4.69) is 30.3 Å². The SMILES string of the molecule is CCN(CC)c1ccc(/N=C2/C(C(F)(F)C(F)(F)F)=Nn3c2nnc3-c2cccnc2)nc1. The van der Waals surface area contributed by atoms with Gasteiger partial charge in [-0.3, -0.25) is 4.98 Å². The summed E-state index contributed by atoms with van der Waals surface area (Å²) in [7, 11) is 0. The number of anilines is 1. The summed E-state index contributed by atoms with van der Waals surface area (Å²) in [6.45, 7) is 5.32. The fourth-order valence-electron chi connectivity index (χ4n) is 3.23. The highest BCUT2D eigenvalue weighted by Gasteiger charge is 2.64. The fourth-order valence-corrected chi connectivity index (χ4v) is 3.23. The molecule has 3 aromatic heterocycles. The molecule has 33 heavy (non-hydrogen) atoms. The summed E-state index contributed by atoms with van der Waals surface area (Å²) in [6, 6.07) is 6.17. The Bertz CT molecular complexity index is 1200. The zero-order chi connectivity index (χ0) is 23.8. The highest BCUT2D eigenvalue weighted by molar-refractivity contribution is 6.51. The summed E-state index contributed by atoms with van der Waals surface area (Å²) >= 11 is 0. The number of fused-ring (bicyclic) bond motifs is 1. The Morgan fingerprint density at radius 2 is 1.70 bits per heavy atom. The van der Waals surface area contributed by atoms with Crippen LogP contribution in [0.5, 0.6) is 0 Å².